The second-order valence-electron chi connectivity index (χ2n) is 3.92. The zero-order valence-corrected chi connectivity index (χ0v) is 9.75. The van der Waals surface area contributed by atoms with E-state index in [1.165, 1.54) is 12.1 Å². The van der Waals surface area contributed by atoms with Gasteiger partial charge in [-0.1, -0.05) is 19.1 Å². The maximum atomic E-state index is 12.4. The number of nitrogens with zero attached hydrogens (tertiary/aromatic N) is 2. The van der Waals surface area contributed by atoms with Crippen molar-refractivity contribution in [3.05, 3.63) is 47.0 Å². The van der Waals surface area contributed by atoms with Crippen LogP contribution in [-0.4, -0.2) is 15.2 Å². The Bertz CT molecular complexity index is 514. The highest BCUT2D eigenvalue weighted by Gasteiger charge is 2.29. The molecule has 1 N–H and O–H groups in total. The van der Waals surface area contributed by atoms with Gasteiger partial charge in [0.1, 0.15) is 11.6 Å². The number of alkyl halides is 3. The molecular formula is C12H12F3N3. The van der Waals surface area contributed by atoms with Crippen molar-refractivity contribution >= 4 is 0 Å². The Hall–Kier alpha value is -1.85. The molecule has 6 heteroatoms. The molecule has 0 spiro atoms. The molecule has 0 amide bonds. The predicted molar refractivity (Wildman–Crippen MR) is 60.0 cm³/mol. The molecular weight excluding hydrogens is 243 g/mol. The Labute approximate surface area is 102 Å². The van der Waals surface area contributed by atoms with Gasteiger partial charge in [-0.2, -0.15) is 18.3 Å². The highest BCUT2D eigenvalue weighted by atomic mass is 19.4. The largest absolute Gasteiger partial charge is 0.416 e. The average Bonchev–Trinajstić information content (AvgIpc) is 2.76. The van der Waals surface area contributed by atoms with Crippen molar-refractivity contribution in [1.82, 2.24) is 15.2 Å². The van der Waals surface area contributed by atoms with E-state index in [1.807, 2.05) is 6.92 Å². The van der Waals surface area contributed by atoms with Gasteiger partial charge in [0.15, 0.2) is 0 Å². The summed E-state index contributed by atoms with van der Waals surface area (Å²) in [6.07, 6.45) is -3.12. The summed E-state index contributed by atoms with van der Waals surface area (Å²) in [6, 6.07) is 5.06. The smallest absolute Gasteiger partial charge is 0.263 e. The van der Waals surface area contributed by atoms with Gasteiger partial charge in [-0.3, -0.25) is 5.10 Å². The van der Waals surface area contributed by atoms with Crippen LogP contribution in [0.25, 0.3) is 0 Å². The summed E-state index contributed by atoms with van der Waals surface area (Å²) in [4.78, 5) is 4.21. The minimum Gasteiger partial charge on any atom is -0.263 e. The third kappa shape index (κ3) is 2.88. The number of hydrogen-bond acceptors (Lipinski definition) is 2. The minimum atomic E-state index is -4.29. The van der Waals surface area contributed by atoms with Crippen LogP contribution in [0.3, 0.4) is 0 Å². The second-order valence-corrected chi connectivity index (χ2v) is 3.92. The highest BCUT2D eigenvalue weighted by Crippen LogP contribution is 2.29. The van der Waals surface area contributed by atoms with E-state index in [9.17, 15) is 13.2 Å². The lowest BCUT2D eigenvalue weighted by Crippen LogP contribution is -2.04. The van der Waals surface area contributed by atoms with Gasteiger partial charge in [-0.05, 0) is 17.7 Å². The van der Waals surface area contributed by atoms with Crippen LogP contribution in [-0.2, 0) is 19.0 Å². The molecule has 0 unspecified atom stereocenters. The van der Waals surface area contributed by atoms with Crippen LogP contribution in [0, 0.1) is 0 Å². The van der Waals surface area contributed by atoms with Gasteiger partial charge in [0, 0.05) is 12.8 Å². The summed E-state index contributed by atoms with van der Waals surface area (Å²) < 4.78 is 37.1. The van der Waals surface area contributed by atoms with E-state index in [2.05, 4.69) is 15.2 Å². The van der Waals surface area contributed by atoms with Gasteiger partial charge in [-0.15, -0.1) is 0 Å². The van der Waals surface area contributed by atoms with E-state index in [-0.39, 0.29) is 0 Å². The number of aromatic amines is 1. The standard InChI is InChI=1S/C12H12F3N3/c1-2-10-16-11(18-17-10)7-8-3-5-9(6-4-8)12(13,14)15/h3-6H,2,7H2,1H3,(H,16,17,18). The van der Waals surface area contributed by atoms with Crippen molar-refractivity contribution in [2.75, 3.05) is 0 Å². The van der Waals surface area contributed by atoms with E-state index in [0.29, 0.717) is 18.1 Å². The lowest BCUT2D eigenvalue weighted by Gasteiger charge is -2.06. The molecule has 0 aliphatic carbocycles. The molecule has 0 saturated heterocycles. The second kappa shape index (κ2) is 4.80. The van der Waals surface area contributed by atoms with Crippen LogP contribution in [0.15, 0.2) is 24.3 Å². The molecule has 2 rings (SSSR count). The predicted octanol–water partition coefficient (Wildman–Crippen LogP) is 2.98. The van der Waals surface area contributed by atoms with Gasteiger partial charge in [0.05, 0.1) is 5.56 Å². The van der Waals surface area contributed by atoms with Crippen LogP contribution < -0.4 is 0 Å². The van der Waals surface area contributed by atoms with E-state index < -0.39 is 11.7 Å². The molecule has 96 valence electrons. The topological polar surface area (TPSA) is 41.6 Å². The Morgan fingerprint density at radius 1 is 1.17 bits per heavy atom. The fraction of sp³-hybridized carbons (Fsp3) is 0.333. The zero-order valence-electron chi connectivity index (χ0n) is 9.75. The van der Waals surface area contributed by atoms with E-state index in [1.54, 1.807) is 0 Å². The first-order valence-corrected chi connectivity index (χ1v) is 5.55. The van der Waals surface area contributed by atoms with Crippen molar-refractivity contribution in [3.63, 3.8) is 0 Å². The summed E-state index contributed by atoms with van der Waals surface area (Å²) in [6.45, 7) is 1.94. The third-order valence-corrected chi connectivity index (χ3v) is 2.55. The van der Waals surface area contributed by atoms with Crippen LogP contribution in [0.2, 0.25) is 0 Å². The van der Waals surface area contributed by atoms with Gasteiger partial charge < -0.3 is 0 Å². The van der Waals surface area contributed by atoms with Crippen molar-refractivity contribution in [1.29, 1.82) is 0 Å². The molecule has 1 aromatic carbocycles. The number of H-pyrrole nitrogens is 1. The van der Waals surface area contributed by atoms with Crippen LogP contribution >= 0.6 is 0 Å². The normalized spacial score (nSPS) is 11.8. The summed E-state index contributed by atoms with van der Waals surface area (Å²) >= 11 is 0. The summed E-state index contributed by atoms with van der Waals surface area (Å²) in [5.74, 6) is 1.36. The Morgan fingerprint density at radius 3 is 2.33 bits per heavy atom. The molecule has 0 aliphatic rings. The average molecular weight is 255 g/mol. The first-order chi connectivity index (χ1) is 8.49. The first-order valence-electron chi connectivity index (χ1n) is 5.55. The molecule has 0 radical (unpaired) electrons. The lowest BCUT2D eigenvalue weighted by molar-refractivity contribution is -0.137. The van der Waals surface area contributed by atoms with Crippen LogP contribution in [0.1, 0.15) is 29.7 Å². The number of hydrogen-bond donors (Lipinski definition) is 1. The maximum absolute atomic E-state index is 12.4. The molecule has 1 heterocycles. The maximum Gasteiger partial charge on any atom is 0.416 e. The van der Waals surface area contributed by atoms with Gasteiger partial charge in [-0.25, -0.2) is 4.98 Å². The fourth-order valence-corrected chi connectivity index (χ4v) is 1.58. The van der Waals surface area contributed by atoms with Crippen molar-refractivity contribution in [2.45, 2.75) is 25.9 Å². The van der Waals surface area contributed by atoms with E-state index >= 15 is 0 Å². The molecule has 1 aromatic heterocycles. The summed E-state index contributed by atoms with van der Waals surface area (Å²) in [7, 11) is 0. The van der Waals surface area contributed by atoms with Gasteiger partial charge in [0.25, 0.3) is 0 Å². The van der Waals surface area contributed by atoms with Crippen molar-refractivity contribution in [3.8, 4) is 0 Å². The Kier molecular flexibility index (Phi) is 3.36. The van der Waals surface area contributed by atoms with Gasteiger partial charge >= 0.3 is 6.18 Å². The molecule has 0 bridgehead atoms. The quantitative estimate of drug-likeness (QED) is 0.916. The molecule has 0 atom stereocenters. The summed E-state index contributed by atoms with van der Waals surface area (Å²) in [5, 5.41) is 6.74. The molecule has 3 nitrogen and oxygen atoms in total. The monoisotopic (exact) mass is 255 g/mol. The number of aryl methyl sites for hydroxylation is 1. The molecule has 0 saturated carbocycles. The number of halogens is 3. The minimum absolute atomic E-state index is 0.450. The Balaban J connectivity index is 2.11. The summed E-state index contributed by atoms with van der Waals surface area (Å²) in [5.41, 5.74) is 0.125. The van der Waals surface area contributed by atoms with Crippen LogP contribution in [0.5, 0.6) is 0 Å². The fourth-order valence-electron chi connectivity index (χ4n) is 1.58. The van der Waals surface area contributed by atoms with E-state index in [4.69, 9.17) is 0 Å². The zero-order chi connectivity index (χ0) is 13.2. The molecule has 0 fully saturated rings. The SMILES string of the molecule is CCc1n[nH]c(Cc2ccc(C(F)(F)F)cc2)n1. The molecule has 2 aromatic rings. The highest BCUT2D eigenvalue weighted by molar-refractivity contribution is 5.26. The molecule has 18 heavy (non-hydrogen) atoms. The molecule has 0 aliphatic heterocycles. The van der Waals surface area contributed by atoms with E-state index in [0.717, 1.165) is 24.1 Å². The number of rotatable bonds is 3. The first kappa shape index (κ1) is 12.6. The van der Waals surface area contributed by atoms with Crippen molar-refractivity contribution < 1.29 is 13.2 Å². The van der Waals surface area contributed by atoms with Crippen LogP contribution in [0.4, 0.5) is 13.2 Å². The van der Waals surface area contributed by atoms with Gasteiger partial charge in [0.2, 0.25) is 0 Å². The van der Waals surface area contributed by atoms with Crippen molar-refractivity contribution in [2.24, 2.45) is 0 Å². The lowest BCUT2D eigenvalue weighted by atomic mass is 10.1. The number of aromatic nitrogens is 3. The number of nitrogens with one attached hydrogen (secondary N) is 1. The number of benzene rings is 1. The third-order valence-electron chi connectivity index (χ3n) is 2.55. The Morgan fingerprint density at radius 2 is 1.83 bits per heavy atom.